The summed E-state index contributed by atoms with van der Waals surface area (Å²) in [6.07, 6.45) is 0. The van der Waals surface area contributed by atoms with Crippen molar-refractivity contribution in [3.8, 4) is 5.69 Å². The van der Waals surface area contributed by atoms with Crippen LogP contribution in [0.3, 0.4) is 0 Å². The number of rotatable bonds is 5. The summed E-state index contributed by atoms with van der Waals surface area (Å²) >= 11 is 5.91. The van der Waals surface area contributed by atoms with Crippen LogP contribution in [0.1, 0.15) is 35.0 Å². The minimum atomic E-state index is -0.462. The molecular weight excluding hydrogens is 382 g/mol. The number of aromatic nitrogens is 3. The second-order valence-corrected chi connectivity index (χ2v) is 6.75. The van der Waals surface area contributed by atoms with Crippen molar-refractivity contribution in [2.75, 3.05) is 7.05 Å². The molecule has 9 heteroatoms. The lowest BCUT2D eigenvalue weighted by molar-refractivity contribution is -0.384. The SMILES string of the molecule is Cc1nc(C(=O)N(C)[C@H](C)c2cccc([N+](=O)[O-])c2)nn1-c1ccc(Cl)cc1. The molecular formula is C19H18ClN5O3. The number of non-ortho nitro benzene ring substituents is 1. The molecule has 0 unspecified atom stereocenters. The van der Waals surface area contributed by atoms with Crippen molar-refractivity contribution in [3.63, 3.8) is 0 Å². The zero-order valence-corrected chi connectivity index (χ0v) is 16.3. The number of halogens is 1. The van der Waals surface area contributed by atoms with Crippen molar-refractivity contribution in [2.24, 2.45) is 0 Å². The van der Waals surface area contributed by atoms with Crippen LogP contribution >= 0.6 is 11.6 Å². The Morgan fingerprint density at radius 1 is 1.25 bits per heavy atom. The first kappa shape index (κ1) is 19.5. The molecule has 0 radical (unpaired) electrons. The van der Waals surface area contributed by atoms with E-state index in [1.807, 2.05) is 0 Å². The van der Waals surface area contributed by atoms with Crippen molar-refractivity contribution < 1.29 is 9.72 Å². The standard InChI is InChI=1S/C19H18ClN5O3/c1-12(14-5-4-6-17(11-14)25(27)28)23(3)19(26)18-21-13(2)24(22-18)16-9-7-15(20)8-10-16/h4-12H,1-3H3/t12-/m1/s1. The minimum absolute atomic E-state index is 0.0221. The summed E-state index contributed by atoms with van der Waals surface area (Å²) in [6, 6.07) is 12.9. The number of nitrogens with zero attached hydrogens (tertiary/aromatic N) is 5. The first-order valence-electron chi connectivity index (χ1n) is 8.49. The third-order valence-electron chi connectivity index (χ3n) is 4.50. The highest BCUT2D eigenvalue weighted by molar-refractivity contribution is 6.30. The number of benzene rings is 2. The third kappa shape index (κ3) is 3.86. The van der Waals surface area contributed by atoms with Crippen LogP contribution in [0.25, 0.3) is 5.69 Å². The third-order valence-corrected chi connectivity index (χ3v) is 4.75. The summed E-state index contributed by atoms with van der Waals surface area (Å²) in [5.74, 6) is 0.226. The molecule has 1 aromatic heterocycles. The second kappa shape index (κ2) is 7.77. The number of carbonyl (C=O) groups is 1. The van der Waals surface area contributed by atoms with Gasteiger partial charge in [-0.05, 0) is 43.7 Å². The Bertz CT molecular complexity index is 1030. The monoisotopic (exact) mass is 399 g/mol. The zero-order valence-electron chi connectivity index (χ0n) is 15.5. The summed E-state index contributed by atoms with van der Waals surface area (Å²) in [4.78, 5) is 29.1. The Kier molecular flexibility index (Phi) is 5.41. The molecule has 3 rings (SSSR count). The maximum Gasteiger partial charge on any atom is 0.293 e. The van der Waals surface area contributed by atoms with Crippen molar-refractivity contribution in [3.05, 3.63) is 80.9 Å². The maximum absolute atomic E-state index is 12.9. The molecule has 0 aliphatic heterocycles. The Hall–Kier alpha value is -3.26. The van der Waals surface area contributed by atoms with Crippen molar-refractivity contribution in [2.45, 2.75) is 19.9 Å². The molecule has 0 aliphatic carbocycles. The number of aryl methyl sites for hydroxylation is 1. The molecule has 0 saturated heterocycles. The van der Waals surface area contributed by atoms with E-state index >= 15 is 0 Å². The number of hydrogen-bond donors (Lipinski definition) is 0. The summed E-state index contributed by atoms with van der Waals surface area (Å²) < 4.78 is 1.56. The molecule has 0 bridgehead atoms. The lowest BCUT2D eigenvalue weighted by atomic mass is 10.1. The van der Waals surface area contributed by atoms with Crippen molar-refractivity contribution >= 4 is 23.2 Å². The van der Waals surface area contributed by atoms with E-state index in [2.05, 4.69) is 10.1 Å². The van der Waals surface area contributed by atoms with E-state index in [1.54, 1.807) is 62.0 Å². The van der Waals surface area contributed by atoms with Gasteiger partial charge in [-0.2, -0.15) is 0 Å². The smallest absolute Gasteiger partial charge is 0.293 e. The van der Waals surface area contributed by atoms with Gasteiger partial charge in [0.05, 0.1) is 16.7 Å². The van der Waals surface area contributed by atoms with E-state index in [1.165, 1.54) is 17.0 Å². The highest BCUT2D eigenvalue weighted by Gasteiger charge is 2.24. The van der Waals surface area contributed by atoms with Gasteiger partial charge >= 0.3 is 0 Å². The van der Waals surface area contributed by atoms with Gasteiger partial charge in [-0.3, -0.25) is 14.9 Å². The van der Waals surface area contributed by atoms with Crippen LogP contribution in [0.15, 0.2) is 48.5 Å². The van der Waals surface area contributed by atoms with E-state index in [0.717, 1.165) is 5.69 Å². The average molecular weight is 400 g/mol. The van der Waals surface area contributed by atoms with Gasteiger partial charge in [-0.15, -0.1) is 5.10 Å². The summed E-state index contributed by atoms with van der Waals surface area (Å²) in [5.41, 5.74) is 1.37. The largest absolute Gasteiger partial charge is 0.332 e. The van der Waals surface area contributed by atoms with Gasteiger partial charge in [0.2, 0.25) is 5.82 Å². The summed E-state index contributed by atoms with van der Waals surface area (Å²) in [7, 11) is 1.62. The average Bonchev–Trinajstić information content (AvgIpc) is 3.08. The molecule has 144 valence electrons. The van der Waals surface area contributed by atoms with E-state index in [-0.39, 0.29) is 17.4 Å². The van der Waals surface area contributed by atoms with Crippen LogP contribution in [0.2, 0.25) is 5.02 Å². The fourth-order valence-electron chi connectivity index (χ4n) is 2.76. The van der Waals surface area contributed by atoms with Crippen molar-refractivity contribution in [1.82, 2.24) is 19.7 Å². The van der Waals surface area contributed by atoms with E-state index in [9.17, 15) is 14.9 Å². The molecule has 28 heavy (non-hydrogen) atoms. The molecule has 1 heterocycles. The first-order valence-corrected chi connectivity index (χ1v) is 8.87. The second-order valence-electron chi connectivity index (χ2n) is 6.31. The molecule has 8 nitrogen and oxygen atoms in total. The highest BCUT2D eigenvalue weighted by atomic mass is 35.5. The summed E-state index contributed by atoms with van der Waals surface area (Å²) in [5, 5.41) is 15.9. The molecule has 0 N–H and O–H groups in total. The fourth-order valence-corrected chi connectivity index (χ4v) is 2.89. The molecule has 0 spiro atoms. The molecule has 1 amide bonds. The number of carbonyl (C=O) groups excluding carboxylic acids is 1. The van der Waals surface area contributed by atoms with Crippen LogP contribution < -0.4 is 0 Å². The van der Waals surface area contributed by atoms with Gasteiger partial charge in [0.25, 0.3) is 11.6 Å². The number of nitro benzene ring substituents is 1. The van der Waals surface area contributed by atoms with Crippen LogP contribution in [-0.4, -0.2) is 37.5 Å². The van der Waals surface area contributed by atoms with E-state index < -0.39 is 11.0 Å². The molecule has 0 fully saturated rings. The predicted octanol–water partition coefficient (Wildman–Crippen LogP) is 3.97. The summed E-state index contributed by atoms with van der Waals surface area (Å²) in [6.45, 7) is 3.54. The highest BCUT2D eigenvalue weighted by Crippen LogP contribution is 2.24. The lowest BCUT2D eigenvalue weighted by Gasteiger charge is -2.24. The first-order chi connectivity index (χ1) is 13.3. The number of amides is 1. The lowest BCUT2D eigenvalue weighted by Crippen LogP contribution is -2.30. The topological polar surface area (TPSA) is 94.2 Å². The van der Waals surface area contributed by atoms with Crippen LogP contribution in [0, 0.1) is 17.0 Å². The number of nitro groups is 1. The number of hydrogen-bond acceptors (Lipinski definition) is 5. The van der Waals surface area contributed by atoms with Gasteiger partial charge in [0.1, 0.15) is 5.82 Å². The molecule has 3 aromatic rings. The van der Waals surface area contributed by atoms with Crippen molar-refractivity contribution in [1.29, 1.82) is 0 Å². The normalized spacial score (nSPS) is 11.9. The van der Waals surface area contributed by atoms with Gasteiger partial charge < -0.3 is 4.90 Å². The van der Waals surface area contributed by atoms with Gasteiger partial charge in [0, 0.05) is 24.2 Å². The molecule has 0 aliphatic rings. The van der Waals surface area contributed by atoms with E-state index in [4.69, 9.17) is 11.6 Å². The maximum atomic E-state index is 12.9. The predicted molar refractivity (Wildman–Crippen MR) is 105 cm³/mol. The van der Waals surface area contributed by atoms with Gasteiger partial charge in [-0.25, -0.2) is 9.67 Å². The quantitative estimate of drug-likeness (QED) is 0.478. The fraction of sp³-hybridized carbons (Fsp3) is 0.211. The van der Waals surface area contributed by atoms with Gasteiger partial charge in [-0.1, -0.05) is 23.7 Å². The minimum Gasteiger partial charge on any atom is -0.332 e. The zero-order chi connectivity index (χ0) is 20.4. The Morgan fingerprint density at radius 3 is 2.57 bits per heavy atom. The Morgan fingerprint density at radius 2 is 1.93 bits per heavy atom. The molecule has 2 aromatic carbocycles. The Balaban J connectivity index is 1.85. The van der Waals surface area contributed by atoms with Gasteiger partial charge in [0.15, 0.2) is 0 Å². The Labute approximate surface area is 166 Å². The van der Waals surface area contributed by atoms with Crippen LogP contribution in [0.4, 0.5) is 5.69 Å². The van der Waals surface area contributed by atoms with Crippen LogP contribution in [-0.2, 0) is 0 Å². The van der Waals surface area contributed by atoms with E-state index in [0.29, 0.717) is 16.4 Å². The van der Waals surface area contributed by atoms with Crippen LogP contribution in [0.5, 0.6) is 0 Å². The molecule has 0 saturated carbocycles. The molecule has 1 atom stereocenters.